The van der Waals surface area contributed by atoms with Gasteiger partial charge in [0.25, 0.3) is 0 Å². The van der Waals surface area contributed by atoms with Crippen LogP contribution in [0, 0.1) is 11.8 Å². The van der Waals surface area contributed by atoms with Crippen LogP contribution in [0.3, 0.4) is 0 Å². The Morgan fingerprint density at radius 3 is 2.62 bits per heavy atom. The molecule has 3 atom stereocenters. The van der Waals surface area contributed by atoms with Gasteiger partial charge in [-0.05, 0) is 64.1 Å². The lowest BCUT2D eigenvalue weighted by atomic mass is 9.75. The Bertz CT molecular complexity index is 342. The number of fused-ring (bicyclic) bond motifs is 1. The highest BCUT2D eigenvalue weighted by atomic mass is 16.4. The third kappa shape index (κ3) is 3.98. The first-order valence-corrected chi connectivity index (χ1v) is 8.76. The predicted molar refractivity (Wildman–Crippen MR) is 85.5 cm³/mol. The fraction of sp³-hybridized carbons (Fsp3) is 0.941. The van der Waals surface area contributed by atoms with Crippen LogP contribution in [-0.4, -0.2) is 48.2 Å². The van der Waals surface area contributed by atoms with E-state index in [0.29, 0.717) is 6.42 Å². The van der Waals surface area contributed by atoms with E-state index in [1.165, 1.54) is 45.2 Å². The van der Waals surface area contributed by atoms with Crippen molar-refractivity contribution in [2.75, 3.05) is 26.7 Å². The zero-order chi connectivity index (χ0) is 15.3. The molecule has 2 rings (SSSR count). The van der Waals surface area contributed by atoms with Crippen molar-refractivity contribution >= 4 is 5.97 Å². The molecular weight excluding hydrogens is 264 g/mol. The lowest BCUT2D eigenvalue weighted by molar-refractivity contribution is -0.145. The standard InChI is InChI=1S/C17H32N2O2/c1-3-17(18-2,16(20)21)10-6-11-19-12-9-14-7-4-5-8-15(14)13-19/h14-15,18H,3-13H2,1-2H3,(H,20,21). The largest absolute Gasteiger partial charge is 0.480 e. The summed E-state index contributed by atoms with van der Waals surface area (Å²) in [5.74, 6) is 1.17. The molecule has 4 heteroatoms. The minimum absolute atomic E-state index is 0.642. The highest BCUT2D eigenvalue weighted by Gasteiger charge is 2.35. The van der Waals surface area contributed by atoms with Gasteiger partial charge in [0.1, 0.15) is 5.54 Å². The van der Waals surface area contributed by atoms with Crippen LogP contribution in [0.25, 0.3) is 0 Å². The lowest BCUT2D eigenvalue weighted by Gasteiger charge is -2.41. The van der Waals surface area contributed by atoms with Crippen LogP contribution in [-0.2, 0) is 4.79 Å². The summed E-state index contributed by atoms with van der Waals surface area (Å²) in [7, 11) is 1.77. The molecule has 4 nitrogen and oxygen atoms in total. The zero-order valence-corrected chi connectivity index (χ0v) is 13.7. The third-order valence-electron chi connectivity index (χ3n) is 5.94. The van der Waals surface area contributed by atoms with Crippen LogP contribution >= 0.6 is 0 Å². The molecule has 0 bridgehead atoms. The van der Waals surface area contributed by atoms with Gasteiger partial charge in [0.05, 0.1) is 0 Å². The Morgan fingerprint density at radius 2 is 2.00 bits per heavy atom. The topological polar surface area (TPSA) is 52.6 Å². The van der Waals surface area contributed by atoms with Crippen molar-refractivity contribution in [1.82, 2.24) is 10.2 Å². The summed E-state index contributed by atoms with van der Waals surface area (Å²) in [6.45, 7) is 5.47. The molecule has 1 saturated heterocycles. The average Bonchev–Trinajstić information content (AvgIpc) is 2.51. The molecular formula is C17H32N2O2. The maximum absolute atomic E-state index is 11.5. The number of likely N-dealkylation sites (tertiary alicyclic amines) is 1. The van der Waals surface area contributed by atoms with E-state index in [9.17, 15) is 9.90 Å². The monoisotopic (exact) mass is 296 g/mol. The normalized spacial score (nSPS) is 29.6. The molecule has 0 spiro atoms. The zero-order valence-electron chi connectivity index (χ0n) is 13.7. The Morgan fingerprint density at radius 1 is 1.29 bits per heavy atom. The van der Waals surface area contributed by atoms with Gasteiger partial charge in [-0.2, -0.15) is 0 Å². The molecule has 1 saturated carbocycles. The lowest BCUT2D eigenvalue weighted by Crippen LogP contribution is -2.50. The molecule has 3 unspecified atom stereocenters. The highest BCUT2D eigenvalue weighted by molar-refractivity contribution is 5.78. The number of aliphatic carboxylic acids is 1. The van der Waals surface area contributed by atoms with Crippen molar-refractivity contribution in [3.8, 4) is 0 Å². The second kappa shape index (κ2) is 7.59. The molecule has 1 aliphatic carbocycles. The van der Waals surface area contributed by atoms with Gasteiger partial charge in [-0.25, -0.2) is 0 Å². The predicted octanol–water partition coefficient (Wildman–Crippen LogP) is 2.73. The van der Waals surface area contributed by atoms with E-state index >= 15 is 0 Å². The van der Waals surface area contributed by atoms with Crippen LogP contribution in [0.1, 0.15) is 58.3 Å². The van der Waals surface area contributed by atoms with Crippen LogP contribution in [0.5, 0.6) is 0 Å². The van der Waals surface area contributed by atoms with E-state index in [-0.39, 0.29) is 0 Å². The minimum Gasteiger partial charge on any atom is -0.480 e. The van der Waals surface area contributed by atoms with Gasteiger partial charge in [0.15, 0.2) is 0 Å². The number of carbonyl (C=O) groups is 1. The first-order valence-electron chi connectivity index (χ1n) is 8.76. The molecule has 21 heavy (non-hydrogen) atoms. The summed E-state index contributed by atoms with van der Waals surface area (Å²) in [4.78, 5) is 14.1. The van der Waals surface area contributed by atoms with Crippen LogP contribution < -0.4 is 5.32 Å². The quantitative estimate of drug-likeness (QED) is 0.758. The number of nitrogens with one attached hydrogen (secondary N) is 1. The SMILES string of the molecule is CCC(CCCN1CCC2CCCCC2C1)(NC)C(=O)O. The van der Waals surface area contributed by atoms with Gasteiger partial charge in [0, 0.05) is 6.54 Å². The highest BCUT2D eigenvalue weighted by Crippen LogP contribution is 2.36. The third-order valence-corrected chi connectivity index (χ3v) is 5.94. The van der Waals surface area contributed by atoms with Gasteiger partial charge in [-0.1, -0.05) is 26.2 Å². The van der Waals surface area contributed by atoms with Crippen LogP contribution in [0.2, 0.25) is 0 Å². The molecule has 0 amide bonds. The number of carboxylic acids is 1. The summed E-state index contributed by atoms with van der Waals surface area (Å²) >= 11 is 0. The van der Waals surface area contributed by atoms with Gasteiger partial charge in [-0.15, -0.1) is 0 Å². The number of hydrogen-bond acceptors (Lipinski definition) is 3. The maximum atomic E-state index is 11.5. The first-order chi connectivity index (χ1) is 10.1. The van der Waals surface area contributed by atoms with E-state index in [1.807, 2.05) is 6.92 Å². The van der Waals surface area contributed by atoms with E-state index in [0.717, 1.165) is 31.2 Å². The molecule has 1 heterocycles. The Labute approximate surface area is 129 Å². The van der Waals surface area contributed by atoms with Crippen molar-refractivity contribution in [3.05, 3.63) is 0 Å². The fourth-order valence-electron chi connectivity index (χ4n) is 4.33. The molecule has 2 aliphatic rings. The summed E-state index contributed by atoms with van der Waals surface area (Å²) < 4.78 is 0. The van der Waals surface area contributed by atoms with Crippen molar-refractivity contribution < 1.29 is 9.90 Å². The Kier molecular flexibility index (Phi) is 6.06. The smallest absolute Gasteiger partial charge is 0.323 e. The van der Waals surface area contributed by atoms with Crippen LogP contribution in [0.15, 0.2) is 0 Å². The number of hydrogen-bond donors (Lipinski definition) is 2. The number of piperidine rings is 1. The maximum Gasteiger partial charge on any atom is 0.323 e. The summed E-state index contributed by atoms with van der Waals surface area (Å²) in [6, 6.07) is 0. The molecule has 2 N–H and O–H groups in total. The number of likely N-dealkylation sites (N-methyl/N-ethyl adjacent to an activating group) is 1. The second-order valence-corrected chi connectivity index (χ2v) is 6.99. The fourth-order valence-corrected chi connectivity index (χ4v) is 4.33. The molecule has 0 aromatic carbocycles. The molecule has 0 aromatic heterocycles. The number of nitrogens with zero attached hydrogens (tertiary/aromatic N) is 1. The molecule has 122 valence electrons. The van der Waals surface area contributed by atoms with Crippen molar-refractivity contribution in [2.45, 2.75) is 63.8 Å². The van der Waals surface area contributed by atoms with Gasteiger partial charge in [0.2, 0.25) is 0 Å². The summed E-state index contributed by atoms with van der Waals surface area (Å²) in [5, 5.41) is 12.5. The van der Waals surface area contributed by atoms with Gasteiger partial charge >= 0.3 is 5.97 Å². The van der Waals surface area contributed by atoms with Crippen molar-refractivity contribution in [3.63, 3.8) is 0 Å². The molecule has 2 fully saturated rings. The minimum atomic E-state index is -0.733. The van der Waals surface area contributed by atoms with E-state index in [2.05, 4.69) is 10.2 Å². The Balaban J connectivity index is 1.77. The first kappa shape index (κ1) is 16.8. The molecule has 0 aromatic rings. The molecule has 0 radical (unpaired) electrons. The van der Waals surface area contributed by atoms with Crippen molar-refractivity contribution in [2.24, 2.45) is 11.8 Å². The van der Waals surface area contributed by atoms with E-state index in [4.69, 9.17) is 0 Å². The second-order valence-electron chi connectivity index (χ2n) is 6.99. The summed E-state index contributed by atoms with van der Waals surface area (Å²) in [6.07, 6.45) is 9.38. The van der Waals surface area contributed by atoms with E-state index in [1.54, 1.807) is 7.05 Å². The number of carboxylic acid groups (broad SMARTS) is 1. The Hall–Kier alpha value is -0.610. The van der Waals surface area contributed by atoms with Gasteiger partial charge < -0.3 is 15.3 Å². The van der Waals surface area contributed by atoms with Crippen LogP contribution in [0.4, 0.5) is 0 Å². The van der Waals surface area contributed by atoms with Crippen molar-refractivity contribution in [1.29, 1.82) is 0 Å². The van der Waals surface area contributed by atoms with E-state index < -0.39 is 11.5 Å². The summed E-state index contributed by atoms with van der Waals surface area (Å²) in [5.41, 5.74) is -0.733. The van der Waals surface area contributed by atoms with Gasteiger partial charge in [-0.3, -0.25) is 4.79 Å². The molecule has 1 aliphatic heterocycles. The number of rotatable bonds is 7. The average molecular weight is 296 g/mol.